The van der Waals surface area contributed by atoms with Gasteiger partial charge in [-0.05, 0) is 129 Å². The van der Waals surface area contributed by atoms with E-state index in [4.69, 9.17) is 0 Å². The first-order valence-electron chi connectivity index (χ1n) is 14.5. The Hall–Kier alpha value is -1.63. The highest BCUT2D eigenvalue weighted by molar-refractivity contribution is 5.31. The van der Waals surface area contributed by atoms with Crippen LogP contribution in [0.5, 0.6) is 0 Å². The number of hydrogen-bond acceptors (Lipinski definition) is 0. The predicted octanol–water partition coefficient (Wildman–Crippen LogP) is 10.1. The van der Waals surface area contributed by atoms with Gasteiger partial charge in [-0.25, -0.2) is 4.39 Å². The second-order valence-corrected chi connectivity index (χ2v) is 12.0. The molecule has 0 N–H and O–H groups in total. The third-order valence-corrected chi connectivity index (χ3v) is 10.1. The highest BCUT2D eigenvalue weighted by Crippen LogP contribution is 2.45. The van der Waals surface area contributed by atoms with Crippen LogP contribution in [0.15, 0.2) is 42.5 Å². The molecule has 0 atom stereocenters. The molecule has 3 fully saturated rings. The van der Waals surface area contributed by atoms with Crippen molar-refractivity contribution in [2.75, 3.05) is 0 Å². The molecule has 0 aromatic heterocycles. The minimum Gasteiger partial charge on any atom is -0.207 e. The molecule has 1 heteroatoms. The Morgan fingerprint density at radius 3 is 1.71 bits per heavy atom. The molecule has 0 amide bonds. The Morgan fingerprint density at radius 2 is 1.12 bits per heavy atom. The molecule has 0 radical (unpaired) electrons. The lowest BCUT2D eigenvalue weighted by atomic mass is 9.68. The SMILES string of the molecule is CCC1CCC(C2CCC(c3ccc(C4CCC(c5ccc(C)cc5)CC4)c(F)c3)CC2)CC1. The van der Waals surface area contributed by atoms with Crippen molar-refractivity contribution < 1.29 is 4.39 Å². The molecule has 2 aromatic rings. The maximum absolute atomic E-state index is 15.3. The highest BCUT2D eigenvalue weighted by atomic mass is 19.1. The van der Waals surface area contributed by atoms with Crippen LogP contribution in [-0.4, -0.2) is 0 Å². The molecule has 3 aliphatic rings. The normalized spacial score (nSPS) is 32.4. The molecule has 0 unspecified atom stereocenters. The van der Waals surface area contributed by atoms with E-state index in [-0.39, 0.29) is 5.82 Å². The van der Waals surface area contributed by atoms with E-state index < -0.39 is 0 Å². The molecule has 0 bridgehead atoms. The minimum absolute atomic E-state index is 0.0660. The third kappa shape index (κ3) is 5.44. The average molecular weight is 461 g/mol. The van der Waals surface area contributed by atoms with Crippen molar-refractivity contribution in [1.29, 1.82) is 0 Å². The summed E-state index contributed by atoms with van der Waals surface area (Å²) < 4.78 is 15.3. The van der Waals surface area contributed by atoms with E-state index in [1.54, 1.807) is 0 Å². The quantitative estimate of drug-likeness (QED) is 0.416. The van der Waals surface area contributed by atoms with Gasteiger partial charge in [-0.15, -0.1) is 0 Å². The fraction of sp³-hybridized carbons (Fsp3) is 0.636. The molecular weight excluding hydrogens is 415 g/mol. The fourth-order valence-electron chi connectivity index (χ4n) is 7.70. The lowest BCUT2D eigenvalue weighted by Gasteiger charge is -2.38. The summed E-state index contributed by atoms with van der Waals surface area (Å²) in [7, 11) is 0. The smallest absolute Gasteiger partial charge is 0.126 e. The summed E-state index contributed by atoms with van der Waals surface area (Å²) in [5.74, 6) is 4.57. The van der Waals surface area contributed by atoms with E-state index in [1.165, 1.54) is 87.3 Å². The van der Waals surface area contributed by atoms with Crippen LogP contribution in [0.25, 0.3) is 0 Å². The summed E-state index contributed by atoms with van der Waals surface area (Å²) in [4.78, 5) is 0. The van der Waals surface area contributed by atoms with Gasteiger partial charge >= 0.3 is 0 Å². The fourth-order valence-corrected chi connectivity index (χ4v) is 7.70. The van der Waals surface area contributed by atoms with Crippen molar-refractivity contribution in [3.8, 4) is 0 Å². The van der Waals surface area contributed by atoms with Crippen molar-refractivity contribution in [2.24, 2.45) is 17.8 Å². The summed E-state index contributed by atoms with van der Waals surface area (Å²) in [6, 6.07) is 15.4. The zero-order valence-corrected chi connectivity index (χ0v) is 21.6. The lowest BCUT2D eigenvalue weighted by Crippen LogP contribution is -2.25. The number of aryl methyl sites for hydroxylation is 1. The third-order valence-electron chi connectivity index (χ3n) is 10.1. The monoisotopic (exact) mass is 460 g/mol. The highest BCUT2D eigenvalue weighted by Gasteiger charge is 2.31. The number of benzene rings is 2. The number of halogens is 1. The summed E-state index contributed by atoms with van der Waals surface area (Å²) in [6.07, 6.45) is 17.0. The molecule has 3 saturated carbocycles. The summed E-state index contributed by atoms with van der Waals surface area (Å²) in [5, 5.41) is 0. The summed E-state index contributed by atoms with van der Waals surface area (Å²) >= 11 is 0. The van der Waals surface area contributed by atoms with E-state index >= 15 is 4.39 Å². The van der Waals surface area contributed by atoms with E-state index in [1.807, 2.05) is 6.07 Å². The van der Waals surface area contributed by atoms with Crippen LogP contribution in [0.4, 0.5) is 4.39 Å². The molecule has 5 rings (SSSR count). The van der Waals surface area contributed by atoms with E-state index in [9.17, 15) is 0 Å². The van der Waals surface area contributed by atoms with E-state index in [0.29, 0.717) is 17.8 Å². The summed E-state index contributed by atoms with van der Waals surface area (Å²) in [5.41, 5.74) is 5.04. The van der Waals surface area contributed by atoms with Gasteiger partial charge in [-0.1, -0.05) is 68.1 Å². The first kappa shape index (κ1) is 24.1. The molecule has 0 saturated heterocycles. The molecule has 3 aliphatic carbocycles. The second-order valence-electron chi connectivity index (χ2n) is 12.0. The topological polar surface area (TPSA) is 0 Å². The first-order valence-corrected chi connectivity index (χ1v) is 14.5. The Morgan fingerprint density at radius 1 is 0.618 bits per heavy atom. The van der Waals surface area contributed by atoms with Gasteiger partial charge in [0.25, 0.3) is 0 Å². The Bertz CT molecular complexity index is 904. The number of hydrogen-bond donors (Lipinski definition) is 0. The molecular formula is C33H45F. The molecule has 2 aromatic carbocycles. The molecule has 0 heterocycles. The molecule has 0 aliphatic heterocycles. The van der Waals surface area contributed by atoms with Crippen molar-refractivity contribution in [1.82, 2.24) is 0 Å². The molecule has 0 spiro atoms. The van der Waals surface area contributed by atoms with Gasteiger partial charge < -0.3 is 0 Å². The van der Waals surface area contributed by atoms with Gasteiger partial charge in [0.1, 0.15) is 5.82 Å². The maximum atomic E-state index is 15.3. The number of rotatable bonds is 5. The average Bonchev–Trinajstić information content (AvgIpc) is 2.89. The van der Waals surface area contributed by atoms with Crippen molar-refractivity contribution in [3.05, 3.63) is 70.5 Å². The van der Waals surface area contributed by atoms with E-state index in [0.717, 1.165) is 36.2 Å². The minimum atomic E-state index is 0.0660. The van der Waals surface area contributed by atoms with Crippen LogP contribution in [0.1, 0.15) is 130 Å². The standard InChI is InChI=1S/C33H45F/c1-3-24-6-10-26(11-7-24)27-12-14-29(15-13-27)31-20-21-32(33(34)22-31)30-18-16-28(17-19-30)25-8-4-23(2)5-9-25/h4-5,8-9,20-22,24,26-30H,3,6-7,10-19H2,1-2H3. The van der Waals surface area contributed by atoms with Gasteiger partial charge in [0.05, 0.1) is 0 Å². The van der Waals surface area contributed by atoms with Gasteiger partial charge in [0.2, 0.25) is 0 Å². The predicted molar refractivity (Wildman–Crippen MR) is 142 cm³/mol. The summed E-state index contributed by atoms with van der Waals surface area (Å²) in [6.45, 7) is 4.51. The zero-order valence-electron chi connectivity index (χ0n) is 21.6. The largest absolute Gasteiger partial charge is 0.207 e. The van der Waals surface area contributed by atoms with Gasteiger partial charge in [-0.2, -0.15) is 0 Å². The van der Waals surface area contributed by atoms with Crippen LogP contribution in [-0.2, 0) is 0 Å². The Labute approximate surface area is 207 Å². The zero-order chi connectivity index (χ0) is 23.5. The van der Waals surface area contributed by atoms with Crippen molar-refractivity contribution in [3.63, 3.8) is 0 Å². The van der Waals surface area contributed by atoms with Crippen LogP contribution < -0.4 is 0 Å². The van der Waals surface area contributed by atoms with Crippen molar-refractivity contribution in [2.45, 2.75) is 115 Å². The molecule has 184 valence electrons. The molecule has 34 heavy (non-hydrogen) atoms. The Kier molecular flexibility index (Phi) is 7.77. The molecule has 0 nitrogen and oxygen atoms in total. The van der Waals surface area contributed by atoms with E-state index in [2.05, 4.69) is 50.2 Å². The van der Waals surface area contributed by atoms with Crippen LogP contribution >= 0.6 is 0 Å². The van der Waals surface area contributed by atoms with Gasteiger partial charge in [0.15, 0.2) is 0 Å². The first-order chi connectivity index (χ1) is 16.6. The van der Waals surface area contributed by atoms with Crippen LogP contribution in [0.2, 0.25) is 0 Å². The van der Waals surface area contributed by atoms with Gasteiger partial charge in [-0.3, -0.25) is 0 Å². The maximum Gasteiger partial charge on any atom is 0.126 e. The van der Waals surface area contributed by atoms with Crippen molar-refractivity contribution >= 4 is 0 Å². The lowest BCUT2D eigenvalue weighted by molar-refractivity contribution is 0.158. The van der Waals surface area contributed by atoms with Gasteiger partial charge in [0, 0.05) is 0 Å². The second kappa shape index (κ2) is 11.0. The van der Waals surface area contributed by atoms with Crippen LogP contribution in [0, 0.1) is 30.5 Å². The van der Waals surface area contributed by atoms with Crippen LogP contribution in [0.3, 0.4) is 0 Å². The Balaban J connectivity index is 1.14.